The van der Waals surface area contributed by atoms with Crippen molar-refractivity contribution in [2.75, 3.05) is 26.4 Å². The summed E-state index contributed by atoms with van der Waals surface area (Å²) < 4.78 is 22.4. The van der Waals surface area contributed by atoms with E-state index in [1.54, 1.807) is 0 Å². The molecule has 0 bridgehead atoms. The van der Waals surface area contributed by atoms with Gasteiger partial charge in [-0.05, 0) is 31.7 Å². The quantitative estimate of drug-likeness (QED) is 0.656. The molecule has 1 heterocycles. The first-order chi connectivity index (χ1) is 10.3. The van der Waals surface area contributed by atoms with Crippen molar-refractivity contribution in [3.05, 3.63) is 35.9 Å². The van der Waals surface area contributed by atoms with Gasteiger partial charge >= 0.3 is 0 Å². The molecule has 21 heavy (non-hydrogen) atoms. The zero-order valence-electron chi connectivity index (χ0n) is 12.8. The molecule has 1 aromatic rings. The van der Waals surface area contributed by atoms with Crippen LogP contribution < -0.4 is 0 Å². The van der Waals surface area contributed by atoms with Crippen LogP contribution in [0.4, 0.5) is 0 Å². The molecule has 2 rings (SSSR count). The molecule has 0 radical (unpaired) electrons. The molecule has 0 spiro atoms. The fraction of sp³-hybridized carbons (Fsp3) is 0.647. The number of ether oxygens (including phenoxy) is 4. The van der Waals surface area contributed by atoms with Gasteiger partial charge in [0.05, 0.1) is 32.5 Å². The van der Waals surface area contributed by atoms with Gasteiger partial charge in [0.1, 0.15) is 0 Å². The molecule has 0 aliphatic carbocycles. The Kier molecular flexibility index (Phi) is 7.75. The highest BCUT2D eigenvalue weighted by Crippen LogP contribution is 2.13. The van der Waals surface area contributed by atoms with E-state index in [2.05, 4.69) is 12.1 Å². The molecule has 1 aliphatic heterocycles. The van der Waals surface area contributed by atoms with Crippen molar-refractivity contribution in [2.24, 2.45) is 0 Å². The van der Waals surface area contributed by atoms with E-state index in [-0.39, 0.29) is 12.4 Å². The lowest BCUT2D eigenvalue weighted by atomic mass is 10.2. The zero-order valence-corrected chi connectivity index (χ0v) is 12.8. The Hall–Kier alpha value is -0.940. The highest BCUT2D eigenvalue weighted by molar-refractivity contribution is 5.13. The molecule has 4 nitrogen and oxygen atoms in total. The van der Waals surface area contributed by atoms with Crippen molar-refractivity contribution < 1.29 is 18.9 Å². The average molecular weight is 294 g/mol. The largest absolute Gasteiger partial charge is 0.376 e. The summed E-state index contributed by atoms with van der Waals surface area (Å²) in [6, 6.07) is 10.2. The third-order valence-corrected chi connectivity index (χ3v) is 3.40. The van der Waals surface area contributed by atoms with E-state index in [9.17, 15) is 0 Å². The van der Waals surface area contributed by atoms with Gasteiger partial charge in [-0.1, -0.05) is 30.3 Å². The second kappa shape index (κ2) is 9.90. The number of hydrogen-bond acceptors (Lipinski definition) is 4. The normalized spacial score (nSPS) is 20.3. The van der Waals surface area contributed by atoms with E-state index in [0.29, 0.717) is 26.4 Å². The summed E-state index contributed by atoms with van der Waals surface area (Å²) in [4.78, 5) is 0. The summed E-state index contributed by atoms with van der Waals surface area (Å²) in [5, 5.41) is 0. The van der Waals surface area contributed by atoms with E-state index in [1.807, 2.05) is 25.1 Å². The lowest BCUT2D eigenvalue weighted by molar-refractivity contribution is -0.170. The Bertz CT molecular complexity index is 362. The molecule has 2 atom stereocenters. The third-order valence-electron chi connectivity index (χ3n) is 3.40. The SMILES string of the molecule is C[C@@H](COCCO[C@H]1CCCCO1)OCc1ccccc1. The second-order valence-electron chi connectivity index (χ2n) is 5.35. The fourth-order valence-electron chi connectivity index (χ4n) is 2.19. The Morgan fingerprint density at radius 1 is 1.19 bits per heavy atom. The van der Waals surface area contributed by atoms with Gasteiger partial charge in [-0.25, -0.2) is 0 Å². The minimum absolute atomic E-state index is 0.0332. The molecule has 0 saturated carbocycles. The monoisotopic (exact) mass is 294 g/mol. The molecular formula is C17H26O4. The summed E-state index contributed by atoms with van der Waals surface area (Å²) in [5.41, 5.74) is 1.18. The Balaban J connectivity index is 1.46. The standard InChI is InChI=1S/C17H26O4/c1-15(21-14-16-7-3-2-4-8-16)13-18-11-12-20-17-9-5-6-10-19-17/h2-4,7-8,15,17H,5-6,9-14H2,1H3/t15-,17-/m0/s1. The van der Waals surface area contributed by atoms with Crippen molar-refractivity contribution in [3.8, 4) is 0 Å². The Morgan fingerprint density at radius 2 is 2.05 bits per heavy atom. The van der Waals surface area contributed by atoms with Gasteiger partial charge in [-0.3, -0.25) is 0 Å². The van der Waals surface area contributed by atoms with Gasteiger partial charge in [0.2, 0.25) is 0 Å². The molecule has 0 aromatic heterocycles. The number of benzene rings is 1. The molecule has 1 saturated heterocycles. The predicted molar refractivity (Wildman–Crippen MR) is 81.1 cm³/mol. The second-order valence-corrected chi connectivity index (χ2v) is 5.35. The average Bonchev–Trinajstić information content (AvgIpc) is 2.54. The van der Waals surface area contributed by atoms with Crippen LogP contribution in [-0.4, -0.2) is 38.8 Å². The van der Waals surface area contributed by atoms with Crippen LogP contribution in [0, 0.1) is 0 Å². The van der Waals surface area contributed by atoms with Gasteiger partial charge in [0.25, 0.3) is 0 Å². The highest BCUT2D eigenvalue weighted by atomic mass is 16.7. The van der Waals surface area contributed by atoms with Gasteiger partial charge in [-0.15, -0.1) is 0 Å². The van der Waals surface area contributed by atoms with Gasteiger partial charge < -0.3 is 18.9 Å². The van der Waals surface area contributed by atoms with E-state index in [0.717, 1.165) is 19.4 Å². The molecule has 0 amide bonds. The first-order valence-electron chi connectivity index (χ1n) is 7.81. The predicted octanol–water partition coefficient (Wildman–Crippen LogP) is 3.15. The summed E-state index contributed by atoms with van der Waals surface area (Å²) in [7, 11) is 0. The van der Waals surface area contributed by atoms with Crippen LogP contribution in [0.25, 0.3) is 0 Å². The van der Waals surface area contributed by atoms with Crippen LogP contribution in [0.5, 0.6) is 0 Å². The topological polar surface area (TPSA) is 36.9 Å². The van der Waals surface area contributed by atoms with Crippen molar-refractivity contribution in [1.82, 2.24) is 0 Å². The van der Waals surface area contributed by atoms with E-state index in [1.165, 1.54) is 12.0 Å². The Labute approximate surface area is 127 Å². The maximum absolute atomic E-state index is 5.73. The first-order valence-corrected chi connectivity index (χ1v) is 7.81. The van der Waals surface area contributed by atoms with Crippen molar-refractivity contribution in [2.45, 2.75) is 45.2 Å². The van der Waals surface area contributed by atoms with Gasteiger partial charge in [0.15, 0.2) is 6.29 Å². The molecule has 4 heteroatoms. The van der Waals surface area contributed by atoms with Gasteiger partial charge in [-0.2, -0.15) is 0 Å². The molecule has 1 fully saturated rings. The summed E-state index contributed by atoms with van der Waals surface area (Å²) in [6.07, 6.45) is 3.38. The van der Waals surface area contributed by atoms with Gasteiger partial charge in [0, 0.05) is 6.61 Å². The fourth-order valence-corrected chi connectivity index (χ4v) is 2.19. The Morgan fingerprint density at radius 3 is 2.81 bits per heavy atom. The molecule has 1 aromatic carbocycles. The lowest BCUT2D eigenvalue weighted by Crippen LogP contribution is -2.24. The molecular weight excluding hydrogens is 268 g/mol. The van der Waals surface area contributed by atoms with Crippen LogP contribution in [0.2, 0.25) is 0 Å². The minimum atomic E-state index is -0.0332. The van der Waals surface area contributed by atoms with Crippen LogP contribution >= 0.6 is 0 Å². The summed E-state index contributed by atoms with van der Waals surface area (Å²) in [6.45, 7) is 5.21. The summed E-state index contributed by atoms with van der Waals surface area (Å²) in [5.74, 6) is 0. The number of rotatable bonds is 9. The third kappa shape index (κ3) is 7.05. The van der Waals surface area contributed by atoms with Crippen LogP contribution in [0.1, 0.15) is 31.7 Å². The minimum Gasteiger partial charge on any atom is -0.376 e. The van der Waals surface area contributed by atoms with Crippen LogP contribution in [0.15, 0.2) is 30.3 Å². The summed E-state index contributed by atoms with van der Waals surface area (Å²) >= 11 is 0. The lowest BCUT2D eigenvalue weighted by Gasteiger charge is -2.22. The van der Waals surface area contributed by atoms with Crippen LogP contribution in [0.3, 0.4) is 0 Å². The molecule has 1 aliphatic rings. The van der Waals surface area contributed by atoms with E-state index in [4.69, 9.17) is 18.9 Å². The maximum Gasteiger partial charge on any atom is 0.157 e. The van der Waals surface area contributed by atoms with Crippen molar-refractivity contribution in [3.63, 3.8) is 0 Å². The molecule has 0 N–H and O–H groups in total. The van der Waals surface area contributed by atoms with Crippen molar-refractivity contribution in [1.29, 1.82) is 0 Å². The zero-order chi connectivity index (χ0) is 14.8. The first kappa shape index (κ1) is 16.4. The number of hydrogen-bond donors (Lipinski definition) is 0. The molecule has 0 unspecified atom stereocenters. The maximum atomic E-state index is 5.73. The van der Waals surface area contributed by atoms with Crippen LogP contribution in [-0.2, 0) is 25.6 Å². The molecule has 118 valence electrons. The smallest absolute Gasteiger partial charge is 0.157 e. The van der Waals surface area contributed by atoms with Crippen molar-refractivity contribution >= 4 is 0 Å². The highest BCUT2D eigenvalue weighted by Gasteiger charge is 2.13. The van der Waals surface area contributed by atoms with E-state index >= 15 is 0 Å². The van der Waals surface area contributed by atoms with E-state index < -0.39 is 0 Å².